The molecule has 0 amide bonds. The first-order chi connectivity index (χ1) is 16.7. The maximum absolute atomic E-state index is 13.1. The minimum Gasteiger partial charge on any atom is -0.489 e. The molecular weight excluding hydrogens is 510 g/mol. The van der Waals surface area contributed by atoms with Gasteiger partial charge in [0.2, 0.25) is 5.95 Å². The molecule has 2 heterocycles. The fourth-order valence-electron chi connectivity index (χ4n) is 3.96. The molecule has 1 atom stereocenters. The van der Waals surface area contributed by atoms with Gasteiger partial charge in [0.15, 0.2) is 0 Å². The topological polar surface area (TPSA) is 91.2 Å². The molecule has 3 aromatic rings. The smallest absolute Gasteiger partial charge is 0.338 e. The van der Waals surface area contributed by atoms with Gasteiger partial charge >= 0.3 is 5.97 Å². The molecule has 2 aromatic carbocycles. The number of aromatic nitrogens is 4. The molecule has 1 aliphatic rings. The molecule has 0 aliphatic carbocycles. The van der Waals surface area contributed by atoms with Crippen LogP contribution in [0.2, 0.25) is 0 Å². The van der Waals surface area contributed by atoms with Gasteiger partial charge in [-0.25, -0.2) is 4.79 Å². The average Bonchev–Trinajstić information content (AvgIpc) is 3.28. The van der Waals surface area contributed by atoms with Crippen LogP contribution in [-0.4, -0.2) is 32.8 Å². The maximum atomic E-state index is 13.1. The van der Waals surface area contributed by atoms with Crippen LogP contribution in [0.25, 0.3) is 0 Å². The van der Waals surface area contributed by atoms with Crippen molar-refractivity contribution in [2.45, 2.75) is 59.1 Å². The number of ether oxygens (including phenoxy) is 2. The number of allylic oxidation sites excluding steroid dienone is 1. The molecule has 0 fully saturated rings. The number of rotatable bonds is 7. The van der Waals surface area contributed by atoms with Gasteiger partial charge in [0.1, 0.15) is 18.4 Å². The van der Waals surface area contributed by atoms with E-state index in [0.717, 1.165) is 22.0 Å². The van der Waals surface area contributed by atoms with Crippen molar-refractivity contribution in [3.05, 3.63) is 74.9 Å². The summed E-state index contributed by atoms with van der Waals surface area (Å²) in [7, 11) is 0. The Bertz CT molecular complexity index is 1240. The zero-order chi connectivity index (χ0) is 25.2. The number of hydrogen-bond donors (Lipinski definition) is 1. The molecule has 0 spiro atoms. The first-order valence-corrected chi connectivity index (χ1v) is 12.4. The standard InChI is InChI=1S/C26H30BrN5O3/c1-6-13-34-24(33)22-16(2)28-25-29-30-31-32(25)23(22)20-14-19(27)11-12-21(20)35-15-17-7-9-18(10-8-17)26(3,4)5/h7-12,14,23H,6,13,15H2,1-5H3,(H,28,29,31). The zero-order valence-electron chi connectivity index (χ0n) is 20.6. The van der Waals surface area contributed by atoms with Crippen molar-refractivity contribution in [3.63, 3.8) is 0 Å². The number of benzene rings is 2. The van der Waals surface area contributed by atoms with Gasteiger partial charge in [0.25, 0.3) is 0 Å². The number of nitrogens with zero attached hydrogens (tertiary/aromatic N) is 4. The quantitative estimate of drug-likeness (QED) is 0.393. The highest BCUT2D eigenvalue weighted by Crippen LogP contribution is 2.40. The fraction of sp³-hybridized carbons (Fsp3) is 0.385. The van der Waals surface area contributed by atoms with Gasteiger partial charge in [-0.15, -0.1) is 0 Å². The molecule has 0 saturated carbocycles. The van der Waals surface area contributed by atoms with Gasteiger partial charge in [0, 0.05) is 15.7 Å². The second-order valence-corrected chi connectivity index (χ2v) is 10.5. The van der Waals surface area contributed by atoms with Crippen LogP contribution in [0.4, 0.5) is 5.95 Å². The lowest BCUT2D eigenvalue weighted by molar-refractivity contribution is -0.139. The molecule has 4 rings (SSSR count). The van der Waals surface area contributed by atoms with Gasteiger partial charge in [0.05, 0.1) is 12.2 Å². The van der Waals surface area contributed by atoms with Crippen molar-refractivity contribution in [3.8, 4) is 5.75 Å². The molecule has 1 aromatic heterocycles. The molecular formula is C26H30BrN5O3. The van der Waals surface area contributed by atoms with Crippen molar-refractivity contribution in [1.82, 2.24) is 20.2 Å². The molecule has 0 bridgehead atoms. The molecule has 9 heteroatoms. The summed E-state index contributed by atoms with van der Waals surface area (Å²) in [6, 6.07) is 13.6. The van der Waals surface area contributed by atoms with E-state index < -0.39 is 12.0 Å². The summed E-state index contributed by atoms with van der Waals surface area (Å²) in [6.45, 7) is 11.1. The van der Waals surface area contributed by atoms with E-state index in [9.17, 15) is 4.79 Å². The van der Waals surface area contributed by atoms with Crippen molar-refractivity contribution >= 4 is 27.8 Å². The third-order valence-electron chi connectivity index (χ3n) is 5.85. The highest BCUT2D eigenvalue weighted by molar-refractivity contribution is 9.10. The van der Waals surface area contributed by atoms with Crippen LogP contribution in [0.1, 0.15) is 63.8 Å². The van der Waals surface area contributed by atoms with Crippen LogP contribution < -0.4 is 10.1 Å². The van der Waals surface area contributed by atoms with Crippen LogP contribution in [0.5, 0.6) is 5.75 Å². The first-order valence-electron chi connectivity index (χ1n) is 11.6. The summed E-state index contributed by atoms with van der Waals surface area (Å²) in [6.07, 6.45) is 0.728. The van der Waals surface area contributed by atoms with Crippen molar-refractivity contribution in [2.24, 2.45) is 0 Å². The summed E-state index contributed by atoms with van der Waals surface area (Å²) in [5.41, 5.74) is 4.24. The lowest BCUT2D eigenvalue weighted by atomic mass is 9.87. The Labute approximate surface area is 213 Å². The van der Waals surface area contributed by atoms with Gasteiger partial charge in [-0.1, -0.05) is 73.0 Å². The van der Waals surface area contributed by atoms with Crippen LogP contribution in [0, 0.1) is 0 Å². The first kappa shape index (κ1) is 24.9. The molecule has 0 radical (unpaired) electrons. The van der Waals surface area contributed by atoms with E-state index in [2.05, 4.69) is 81.8 Å². The van der Waals surface area contributed by atoms with Gasteiger partial charge in [-0.3, -0.25) is 0 Å². The van der Waals surface area contributed by atoms with Crippen LogP contribution in [-0.2, 0) is 21.6 Å². The SMILES string of the molecule is CCCOC(=O)C1=C(C)Nc2nnnn2C1c1cc(Br)ccc1OCc1ccc(C(C)(C)C)cc1. The van der Waals surface area contributed by atoms with E-state index in [0.29, 0.717) is 36.2 Å². The zero-order valence-corrected chi connectivity index (χ0v) is 22.2. The Hall–Kier alpha value is -3.20. The van der Waals surface area contributed by atoms with E-state index in [1.165, 1.54) is 5.56 Å². The number of nitrogens with one attached hydrogen (secondary N) is 1. The Kier molecular flexibility index (Phi) is 7.25. The van der Waals surface area contributed by atoms with E-state index in [1.807, 2.05) is 32.0 Å². The third kappa shape index (κ3) is 5.40. The Morgan fingerprint density at radius 3 is 2.60 bits per heavy atom. The van der Waals surface area contributed by atoms with Crippen molar-refractivity contribution in [2.75, 3.05) is 11.9 Å². The largest absolute Gasteiger partial charge is 0.489 e. The summed E-state index contributed by atoms with van der Waals surface area (Å²) >= 11 is 3.57. The molecule has 8 nitrogen and oxygen atoms in total. The number of halogens is 1. The third-order valence-corrected chi connectivity index (χ3v) is 6.35. The van der Waals surface area contributed by atoms with E-state index in [-0.39, 0.29) is 5.41 Å². The number of anilines is 1. The summed E-state index contributed by atoms with van der Waals surface area (Å²) in [5, 5.41) is 15.2. The van der Waals surface area contributed by atoms with Gasteiger partial charge < -0.3 is 14.8 Å². The Morgan fingerprint density at radius 2 is 1.91 bits per heavy atom. The van der Waals surface area contributed by atoms with Crippen LogP contribution >= 0.6 is 15.9 Å². The highest BCUT2D eigenvalue weighted by Gasteiger charge is 2.36. The number of tetrazole rings is 1. The van der Waals surface area contributed by atoms with Crippen molar-refractivity contribution < 1.29 is 14.3 Å². The highest BCUT2D eigenvalue weighted by atomic mass is 79.9. The van der Waals surface area contributed by atoms with Gasteiger partial charge in [-0.2, -0.15) is 4.68 Å². The predicted molar refractivity (Wildman–Crippen MR) is 137 cm³/mol. The lowest BCUT2D eigenvalue weighted by Gasteiger charge is -2.28. The van der Waals surface area contributed by atoms with Crippen LogP contribution in [0.15, 0.2) is 58.2 Å². The van der Waals surface area contributed by atoms with Gasteiger partial charge in [-0.05, 0) is 58.5 Å². The molecule has 1 aliphatic heterocycles. The van der Waals surface area contributed by atoms with E-state index in [4.69, 9.17) is 9.47 Å². The Morgan fingerprint density at radius 1 is 1.17 bits per heavy atom. The summed E-state index contributed by atoms with van der Waals surface area (Å²) in [5.74, 6) is 0.671. The molecule has 35 heavy (non-hydrogen) atoms. The Balaban J connectivity index is 1.69. The van der Waals surface area contributed by atoms with E-state index in [1.54, 1.807) is 4.68 Å². The normalized spacial score (nSPS) is 15.4. The molecule has 184 valence electrons. The average molecular weight is 540 g/mol. The number of carbonyl (C=O) groups excluding carboxylic acids is 1. The minimum absolute atomic E-state index is 0.0871. The lowest BCUT2D eigenvalue weighted by Crippen LogP contribution is -2.30. The predicted octanol–water partition coefficient (Wildman–Crippen LogP) is 5.55. The second kappa shape index (κ2) is 10.2. The molecule has 1 unspecified atom stereocenters. The molecule has 1 N–H and O–H groups in total. The number of hydrogen-bond acceptors (Lipinski definition) is 7. The van der Waals surface area contributed by atoms with E-state index >= 15 is 0 Å². The van der Waals surface area contributed by atoms with Crippen LogP contribution in [0.3, 0.4) is 0 Å². The fourth-order valence-corrected chi connectivity index (χ4v) is 4.34. The minimum atomic E-state index is -0.610. The summed E-state index contributed by atoms with van der Waals surface area (Å²) in [4.78, 5) is 13.1. The monoisotopic (exact) mass is 539 g/mol. The summed E-state index contributed by atoms with van der Waals surface area (Å²) < 4.78 is 14.2. The van der Waals surface area contributed by atoms with Crippen molar-refractivity contribution in [1.29, 1.82) is 0 Å². The number of esters is 1. The molecule has 0 saturated heterocycles. The number of fused-ring (bicyclic) bond motifs is 1. The number of carbonyl (C=O) groups is 1. The maximum Gasteiger partial charge on any atom is 0.338 e. The second-order valence-electron chi connectivity index (χ2n) is 9.57.